The van der Waals surface area contributed by atoms with Crippen molar-refractivity contribution < 1.29 is 24.3 Å². The highest BCUT2D eigenvalue weighted by Gasteiger charge is 2.45. The van der Waals surface area contributed by atoms with Crippen molar-refractivity contribution in [2.75, 3.05) is 6.54 Å². The van der Waals surface area contributed by atoms with E-state index in [2.05, 4.69) is 4.98 Å². The number of rotatable bonds is 4. The maximum atomic E-state index is 11.8. The fraction of sp³-hybridized carbons (Fsp3) is 0.182. The van der Waals surface area contributed by atoms with E-state index >= 15 is 0 Å². The lowest BCUT2D eigenvalue weighted by molar-refractivity contribution is -0.146. The molecule has 0 aromatic carbocycles. The molecule has 0 aliphatic carbocycles. The zero-order valence-electron chi connectivity index (χ0n) is 9.65. The molecule has 1 N–H and O–H groups in total. The third-order valence-electron chi connectivity index (χ3n) is 2.47. The van der Waals surface area contributed by atoms with Crippen LogP contribution in [0.5, 0.6) is 0 Å². The quantitative estimate of drug-likeness (QED) is 0.577. The van der Waals surface area contributed by atoms with Crippen molar-refractivity contribution in [2.24, 2.45) is 0 Å². The Hall–Kier alpha value is -2.77. The molecule has 1 aliphatic heterocycles. The zero-order chi connectivity index (χ0) is 14.0. The molecular weight excluding hydrogens is 254 g/mol. The molecule has 0 atom stereocenters. The van der Waals surface area contributed by atoms with Crippen LogP contribution >= 0.6 is 0 Å². The summed E-state index contributed by atoms with van der Waals surface area (Å²) in [7, 11) is 0. The summed E-state index contributed by atoms with van der Waals surface area (Å²) >= 11 is 0. The lowest BCUT2D eigenvalue weighted by Crippen LogP contribution is -2.36. The molecule has 8 nitrogen and oxygen atoms in total. The van der Waals surface area contributed by atoms with Gasteiger partial charge in [0.05, 0.1) is 12.2 Å². The number of pyridine rings is 1. The van der Waals surface area contributed by atoms with Crippen LogP contribution in [-0.2, 0) is 20.9 Å². The van der Waals surface area contributed by atoms with E-state index in [1.807, 2.05) is 0 Å². The van der Waals surface area contributed by atoms with Gasteiger partial charge in [-0.15, -0.1) is 0 Å². The fourth-order valence-corrected chi connectivity index (χ4v) is 1.62. The zero-order valence-corrected chi connectivity index (χ0v) is 9.65. The Morgan fingerprint density at radius 2 is 1.84 bits per heavy atom. The Balaban J connectivity index is 2.18. The highest BCUT2D eigenvalue weighted by Crippen LogP contribution is 2.14. The van der Waals surface area contributed by atoms with E-state index in [-0.39, 0.29) is 6.54 Å². The van der Waals surface area contributed by atoms with Gasteiger partial charge in [0.2, 0.25) is 0 Å². The van der Waals surface area contributed by atoms with E-state index in [0.717, 1.165) is 0 Å². The third kappa shape index (κ3) is 2.41. The first kappa shape index (κ1) is 12.7. The predicted octanol–water partition coefficient (Wildman–Crippen LogP) is -0.543. The number of carboxylic acids is 1. The summed E-state index contributed by atoms with van der Waals surface area (Å²) in [5.74, 6) is -3.55. The highest BCUT2D eigenvalue weighted by atomic mass is 16.4. The number of aromatic nitrogens is 1. The maximum Gasteiger partial charge on any atom is 0.335 e. The van der Waals surface area contributed by atoms with Crippen LogP contribution in [0.4, 0.5) is 4.79 Å². The molecular formula is C11H9N3O5. The standard InChI is InChI=1S/C11H9N3O5/c15-8(16)6-14-10(18)9(17)13(11(14)19)5-7-3-1-2-4-12-7/h1-4H,5-6H2,(H,15,16). The molecule has 98 valence electrons. The van der Waals surface area contributed by atoms with Crippen LogP contribution in [0.25, 0.3) is 0 Å². The summed E-state index contributed by atoms with van der Waals surface area (Å²) in [6.07, 6.45) is 1.48. The smallest absolute Gasteiger partial charge is 0.335 e. The fourth-order valence-electron chi connectivity index (χ4n) is 1.62. The van der Waals surface area contributed by atoms with Crippen molar-refractivity contribution in [3.8, 4) is 0 Å². The van der Waals surface area contributed by atoms with Crippen molar-refractivity contribution >= 4 is 23.8 Å². The molecule has 0 radical (unpaired) electrons. The molecule has 1 aliphatic rings. The number of carbonyl (C=O) groups excluding carboxylic acids is 3. The summed E-state index contributed by atoms with van der Waals surface area (Å²) in [6, 6.07) is 3.98. The summed E-state index contributed by atoms with van der Waals surface area (Å²) < 4.78 is 0. The minimum Gasteiger partial charge on any atom is -0.480 e. The van der Waals surface area contributed by atoms with Gasteiger partial charge in [0, 0.05) is 6.20 Å². The summed E-state index contributed by atoms with van der Waals surface area (Å²) in [4.78, 5) is 50.4. The number of amides is 4. The monoisotopic (exact) mass is 263 g/mol. The van der Waals surface area contributed by atoms with Crippen LogP contribution in [0, 0.1) is 0 Å². The summed E-state index contributed by atoms with van der Waals surface area (Å²) in [6.45, 7) is -0.998. The minimum absolute atomic E-state index is 0.166. The van der Waals surface area contributed by atoms with E-state index in [1.54, 1.807) is 18.2 Å². The molecule has 0 saturated carbocycles. The first-order valence-corrected chi connectivity index (χ1v) is 5.29. The van der Waals surface area contributed by atoms with E-state index in [9.17, 15) is 19.2 Å². The number of hydrogen-bond acceptors (Lipinski definition) is 5. The number of carboxylic acid groups (broad SMARTS) is 1. The summed E-state index contributed by atoms with van der Waals surface area (Å²) in [5, 5.41) is 8.58. The molecule has 4 amide bonds. The van der Waals surface area contributed by atoms with Gasteiger partial charge in [-0.1, -0.05) is 6.07 Å². The Kier molecular flexibility index (Phi) is 3.23. The molecule has 2 heterocycles. The predicted molar refractivity (Wildman–Crippen MR) is 59.5 cm³/mol. The lowest BCUT2D eigenvalue weighted by Gasteiger charge is -2.13. The van der Waals surface area contributed by atoms with Gasteiger partial charge >= 0.3 is 23.8 Å². The van der Waals surface area contributed by atoms with Crippen LogP contribution in [-0.4, -0.2) is 50.2 Å². The second kappa shape index (κ2) is 4.84. The Morgan fingerprint density at radius 1 is 1.16 bits per heavy atom. The SMILES string of the molecule is O=C(O)CN1C(=O)C(=O)N(Cc2ccccn2)C1=O. The van der Waals surface area contributed by atoms with Crippen LogP contribution < -0.4 is 0 Å². The van der Waals surface area contributed by atoms with Crippen molar-refractivity contribution in [2.45, 2.75) is 6.54 Å². The molecule has 19 heavy (non-hydrogen) atoms. The van der Waals surface area contributed by atoms with E-state index in [1.165, 1.54) is 6.20 Å². The van der Waals surface area contributed by atoms with Gasteiger partial charge in [-0.3, -0.25) is 19.4 Å². The number of nitrogens with zero attached hydrogens (tertiary/aromatic N) is 3. The van der Waals surface area contributed by atoms with E-state index in [0.29, 0.717) is 15.5 Å². The Morgan fingerprint density at radius 3 is 2.42 bits per heavy atom. The molecule has 1 aromatic heterocycles. The molecule has 0 spiro atoms. The van der Waals surface area contributed by atoms with Gasteiger partial charge in [-0.25, -0.2) is 14.6 Å². The van der Waals surface area contributed by atoms with Gasteiger partial charge in [-0.05, 0) is 12.1 Å². The second-order valence-electron chi connectivity index (χ2n) is 3.78. The van der Waals surface area contributed by atoms with Crippen molar-refractivity contribution in [1.82, 2.24) is 14.8 Å². The first-order valence-electron chi connectivity index (χ1n) is 5.29. The number of aliphatic carboxylic acids is 1. The number of hydrogen-bond donors (Lipinski definition) is 1. The maximum absolute atomic E-state index is 11.8. The van der Waals surface area contributed by atoms with Gasteiger partial charge in [0.25, 0.3) is 0 Å². The Bertz CT molecular complexity index is 557. The molecule has 1 aromatic rings. The Labute approximate surface area is 107 Å². The average molecular weight is 263 g/mol. The first-order chi connectivity index (χ1) is 9.00. The number of urea groups is 1. The van der Waals surface area contributed by atoms with Crippen LogP contribution in [0.1, 0.15) is 5.69 Å². The topological polar surface area (TPSA) is 108 Å². The number of imide groups is 2. The highest BCUT2D eigenvalue weighted by molar-refractivity contribution is 6.44. The van der Waals surface area contributed by atoms with Crippen LogP contribution in [0.15, 0.2) is 24.4 Å². The molecule has 2 rings (SSSR count). The van der Waals surface area contributed by atoms with Crippen LogP contribution in [0.3, 0.4) is 0 Å². The molecule has 8 heteroatoms. The van der Waals surface area contributed by atoms with Gasteiger partial charge in [0.15, 0.2) is 0 Å². The number of carbonyl (C=O) groups is 4. The van der Waals surface area contributed by atoms with Gasteiger partial charge < -0.3 is 5.11 Å². The van der Waals surface area contributed by atoms with Crippen molar-refractivity contribution in [3.63, 3.8) is 0 Å². The van der Waals surface area contributed by atoms with E-state index in [4.69, 9.17) is 5.11 Å². The average Bonchev–Trinajstić information content (AvgIpc) is 2.57. The van der Waals surface area contributed by atoms with Crippen molar-refractivity contribution in [1.29, 1.82) is 0 Å². The normalized spacial score (nSPS) is 15.3. The lowest BCUT2D eigenvalue weighted by atomic mass is 10.3. The minimum atomic E-state index is -1.37. The van der Waals surface area contributed by atoms with Gasteiger partial charge in [-0.2, -0.15) is 0 Å². The summed E-state index contributed by atoms with van der Waals surface area (Å²) in [5.41, 5.74) is 0.425. The molecule has 1 saturated heterocycles. The molecule has 0 bridgehead atoms. The van der Waals surface area contributed by atoms with Gasteiger partial charge in [0.1, 0.15) is 6.54 Å². The van der Waals surface area contributed by atoms with E-state index < -0.39 is 30.4 Å². The largest absolute Gasteiger partial charge is 0.480 e. The second-order valence-corrected chi connectivity index (χ2v) is 3.78. The van der Waals surface area contributed by atoms with Crippen molar-refractivity contribution in [3.05, 3.63) is 30.1 Å². The molecule has 1 fully saturated rings. The molecule has 0 unspecified atom stereocenters. The third-order valence-corrected chi connectivity index (χ3v) is 2.47. The van der Waals surface area contributed by atoms with Crippen LogP contribution in [0.2, 0.25) is 0 Å².